The van der Waals surface area contributed by atoms with Crippen LogP contribution >= 0.6 is 24.8 Å². The second kappa shape index (κ2) is 7.50. The summed E-state index contributed by atoms with van der Waals surface area (Å²) in [7, 11) is 0. The Morgan fingerprint density at radius 2 is 1.61 bits per heavy atom. The van der Waals surface area contributed by atoms with Gasteiger partial charge in [-0.2, -0.15) is 0 Å². The van der Waals surface area contributed by atoms with Crippen LogP contribution in [0.3, 0.4) is 0 Å². The topological polar surface area (TPSA) is 23.6 Å². The molecule has 1 fully saturated rings. The summed E-state index contributed by atoms with van der Waals surface area (Å²) >= 11 is 9.15. The maximum atomic E-state index is 12.1. The summed E-state index contributed by atoms with van der Waals surface area (Å²) < 4.78 is 0.608. The van der Waals surface area contributed by atoms with Gasteiger partial charge in [0, 0.05) is 31.7 Å². The fraction of sp³-hybridized carbons (Fsp3) is 0.333. The maximum Gasteiger partial charge on any atom is 1.00 e. The molecule has 0 N–H and O–H groups in total. The second-order valence-corrected chi connectivity index (χ2v) is 5.04. The summed E-state index contributed by atoms with van der Waals surface area (Å²) in [5.74, 6) is 0.0929. The van der Waals surface area contributed by atoms with E-state index in [9.17, 15) is 4.79 Å². The monoisotopic (exact) mass is 290 g/mol. The van der Waals surface area contributed by atoms with Crippen molar-refractivity contribution in [3.05, 3.63) is 35.9 Å². The minimum absolute atomic E-state index is 0. The zero-order valence-electron chi connectivity index (χ0n) is 11.4. The van der Waals surface area contributed by atoms with Crippen LogP contribution in [-0.2, 0) is 0 Å². The molecule has 0 saturated carbocycles. The molecule has 0 spiro atoms. The first-order valence-electron chi connectivity index (χ1n) is 5.50. The fourth-order valence-electron chi connectivity index (χ4n) is 1.86. The Balaban J connectivity index is 0.00000162. The molecular weight excluding hydrogens is 275 g/mol. The molecule has 1 aromatic carbocycles. The van der Waals surface area contributed by atoms with Crippen LogP contribution in [0.15, 0.2) is 30.3 Å². The van der Waals surface area contributed by atoms with Crippen LogP contribution in [0, 0.1) is 0 Å². The van der Waals surface area contributed by atoms with Crippen LogP contribution < -0.4 is 29.6 Å². The molecule has 2 rings (SSSR count). The molecular formula is C12H15N2NaOS2. The Labute approximate surface area is 142 Å². The van der Waals surface area contributed by atoms with Gasteiger partial charge in [-0.25, -0.2) is 0 Å². The average Bonchev–Trinajstić information content (AvgIpc) is 2.39. The van der Waals surface area contributed by atoms with Crippen LogP contribution in [0.1, 0.15) is 11.8 Å². The summed E-state index contributed by atoms with van der Waals surface area (Å²) in [6.07, 6.45) is 0. The maximum absolute atomic E-state index is 12.1. The third kappa shape index (κ3) is 3.96. The number of amides is 1. The molecule has 1 aliphatic rings. The SMILES string of the molecule is O=C(c1ccccc1)N1CCN(C(=S)S)CC1.[H-].[Na+]. The third-order valence-corrected chi connectivity index (χ3v) is 3.40. The number of nitrogens with zero attached hydrogens (tertiary/aromatic N) is 2. The number of piperazine rings is 1. The molecule has 1 aliphatic heterocycles. The Kier molecular flexibility index (Phi) is 6.66. The molecule has 0 aliphatic carbocycles. The van der Waals surface area contributed by atoms with Crippen molar-refractivity contribution >= 4 is 35.1 Å². The van der Waals surface area contributed by atoms with E-state index in [1.165, 1.54) is 0 Å². The first kappa shape index (κ1) is 16.0. The van der Waals surface area contributed by atoms with Crippen molar-refractivity contribution in [2.24, 2.45) is 0 Å². The van der Waals surface area contributed by atoms with E-state index in [0.717, 1.165) is 18.7 Å². The van der Waals surface area contributed by atoms with Gasteiger partial charge in [-0.1, -0.05) is 30.4 Å². The van der Waals surface area contributed by atoms with Gasteiger partial charge in [0.2, 0.25) is 0 Å². The van der Waals surface area contributed by atoms with Crippen molar-refractivity contribution in [3.8, 4) is 0 Å². The van der Waals surface area contributed by atoms with E-state index >= 15 is 0 Å². The zero-order valence-corrected chi connectivity index (χ0v) is 14.1. The number of hydrogen-bond acceptors (Lipinski definition) is 2. The fourth-order valence-corrected chi connectivity index (χ4v) is 2.25. The van der Waals surface area contributed by atoms with Gasteiger partial charge >= 0.3 is 29.6 Å². The molecule has 1 aromatic rings. The van der Waals surface area contributed by atoms with Crippen LogP contribution in [0.25, 0.3) is 0 Å². The molecule has 0 bridgehead atoms. The summed E-state index contributed by atoms with van der Waals surface area (Å²) in [4.78, 5) is 16.0. The van der Waals surface area contributed by atoms with Gasteiger partial charge in [-0.3, -0.25) is 4.79 Å². The van der Waals surface area contributed by atoms with E-state index in [4.69, 9.17) is 12.2 Å². The van der Waals surface area contributed by atoms with E-state index in [1.54, 1.807) is 0 Å². The summed E-state index contributed by atoms with van der Waals surface area (Å²) in [6.45, 7) is 2.94. The number of thiocarbonyl (C=S) groups is 1. The molecule has 18 heavy (non-hydrogen) atoms. The van der Waals surface area contributed by atoms with Crippen molar-refractivity contribution in [2.45, 2.75) is 0 Å². The predicted octanol–water partition coefficient (Wildman–Crippen LogP) is -1.22. The van der Waals surface area contributed by atoms with Crippen molar-refractivity contribution in [2.75, 3.05) is 26.2 Å². The van der Waals surface area contributed by atoms with Gasteiger partial charge in [-0.15, -0.1) is 12.6 Å². The predicted molar refractivity (Wildman–Crippen MR) is 76.6 cm³/mol. The molecule has 92 valence electrons. The molecule has 1 saturated heterocycles. The van der Waals surface area contributed by atoms with Gasteiger partial charge in [0.15, 0.2) is 0 Å². The number of thiol groups is 1. The molecule has 1 amide bonds. The van der Waals surface area contributed by atoms with E-state index in [-0.39, 0.29) is 36.9 Å². The first-order valence-corrected chi connectivity index (χ1v) is 6.36. The van der Waals surface area contributed by atoms with E-state index in [2.05, 4.69) is 12.6 Å². The van der Waals surface area contributed by atoms with Crippen molar-refractivity contribution < 1.29 is 35.8 Å². The van der Waals surface area contributed by atoms with Crippen molar-refractivity contribution in [1.29, 1.82) is 0 Å². The Morgan fingerprint density at radius 3 is 2.11 bits per heavy atom. The molecule has 1 heterocycles. The number of carbonyl (C=O) groups excluding carboxylic acids is 1. The Morgan fingerprint density at radius 1 is 1.11 bits per heavy atom. The summed E-state index contributed by atoms with van der Waals surface area (Å²) in [6, 6.07) is 9.36. The Hall–Kier alpha value is -0.0700. The molecule has 0 atom stereocenters. The normalized spacial score (nSPS) is 14.9. The van der Waals surface area contributed by atoms with Gasteiger partial charge < -0.3 is 11.2 Å². The number of rotatable bonds is 1. The summed E-state index contributed by atoms with van der Waals surface area (Å²) in [5, 5.41) is 0. The number of hydrogen-bond donors (Lipinski definition) is 1. The number of carbonyl (C=O) groups is 1. The molecule has 6 heteroatoms. The standard InChI is InChI=1S/C12H14N2OS2.Na.H/c15-11(10-4-2-1-3-5-10)13-6-8-14(9-7-13)12(16)17;;/h1-5H,6-9H2,(H,16,17);;/q;+1;-1. The molecule has 0 unspecified atom stereocenters. The molecule has 0 aromatic heterocycles. The minimum Gasteiger partial charge on any atom is -1.00 e. The minimum atomic E-state index is 0. The van der Waals surface area contributed by atoms with Crippen LogP contribution in [0.4, 0.5) is 0 Å². The van der Waals surface area contributed by atoms with Gasteiger partial charge in [0.1, 0.15) is 4.32 Å². The van der Waals surface area contributed by atoms with Crippen molar-refractivity contribution in [3.63, 3.8) is 0 Å². The smallest absolute Gasteiger partial charge is 1.00 e. The largest absolute Gasteiger partial charge is 1.00 e. The van der Waals surface area contributed by atoms with Gasteiger partial charge in [0.05, 0.1) is 0 Å². The molecule has 0 radical (unpaired) electrons. The quantitative estimate of drug-likeness (QED) is 0.398. The second-order valence-electron chi connectivity index (χ2n) is 3.93. The Bertz CT molecular complexity index is 425. The van der Waals surface area contributed by atoms with Crippen LogP contribution in [0.5, 0.6) is 0 Å². The van der Waals surface area contributed by atoms with E-state index < -0.39 is 0 Å². The summed E-state index contributed by atoms with van der Waals surface area (Å²) in [5.41, 5.74) is 0.745. The van der Waals surface area contributed by atoms with Crippen LogP contribution in [-0.4, -0.2) is 46.2 Å². The zero-order chi connectivity index (χ0) is 12.3. The van der Waals surface area contributed by atoms with Gasteiger partial charge in [0.25, 0.3) is 5.91 Å². The van der Waals surface area contributed by atoms with Crippen LogP contribution in [0.2, 0.25) is 0 Å². The average molecular weight is 290 g/mol. The van der Waals surface area contributed by atoms with E-state index in [1.807, 2.05) is 40.1 Å². The first-order chi connectivity index (χ1) is 8.18. The number of benzene rings is 1. The third-order valence-electron chi connectivity index (χ3n) is 2.86. The van der Waals surface area contributed by atoms with Crippen molar-refractivity contribution in [1.82, 2.24) is 9.80 Å². The molecule has 3 nitrogen and oxygen atoms in total. The van der Waals surface area contributed by atoms with E-state index in [0.29, 0.717) is 17.4 Å². The van der Waals surface area contributed by atoms with Gasteiger partial charge in [-0.05, 0) is 12.1 Å².